The number of nitrogens with one attached hydrogen (secondary N) is 2. The zero-order valence-corrected chi connectivity index (χ0v) is 17.3. The number of carbonyl (C=O) groups is 1. The van der Waals surface area contributed by atoms with Crippen molar-refractivity contribution in [1.29, 1.82) is 0 Å². The van der Waals surface area contributed by atoms with E-state index in [0.29, 0.717) is 35.4 Å². The lowest BCUT2D eigenvalue weighted by Crippen LogP contribution is -2.28. The van der Waals surface area contributed by atoms with Crippen LogP contribution in [0.5, 0.6) is 0 Å². The van der Waals surface area contributed by atoms with Gasteiger partial charge in [0, 0.05) is 24.5 Å². The Morgan fingerprint density at radius 3 is 2.64 bits per heavy atom. The van der Waals surface area contributed by atoms with Crippen LogP contribution < -0.4 is 10.0 Å². The molecule has 10 heteroatoms. The van der Waals surface area contributed by atoms with Crippen LogP contribution in [-0.2, 0) is 21.2 Å². The number of halogens is 1. The molecule has 1 heterocycles. The summed E-state index contributed by atoms with van der Waals surface area (Å²) >= 11 is 6.81. The van der Waals surface area contributed by atoms with Crippen molar-refractivity contribution in [2.45, 2.75) is 24.2 Å². The molecule has 2 N–H and O–H groups in total. The zero-order valence-electron chi connectivity index (χ0n) is 14.9. The second-order valence-corrected chi connectivity index (χ2v) is 8.82. The molecule has 0 spiro atoms. The molecule has 0 saturated carbocycles. The lowest BCUT2D eigenvalue weighted by Gasteiger charge is -2.08. The van der Waals surface area contributed by atoms with Gasteiger partial charge in [-0.05, 0) is 42.7 Å². The van der Waals surface area contributed by atoms with E-state index in [1.165, 1.54) is 6.07 Å². The molecule has 0 aliphatic rings. The highest BCUT2D eigenvalue weighted by Crippen LogP contribution is 2.20. The Morgan fingerprint density at radius 1 is 1.07 bits per heavy atom. The molecule has 0 saturated heterocycles. The standard InChI is InChI=1S/C18H19ClN4O3S2/c19-14-8-6-13(7-9-14)10-12-20-17(24)5-2-11-21-28(25,26)16-4-1-3-15-18(16)23-27-22-15/h1,3-4,6-9,21H,2,5,10-12H2,(H,20,24). The highest BCUT2D eigenvalue weighted by molar-refractivity contribution is 7.89. The van der Waals surface area contributed by atoms with Gasteiger partial charge in [0.05, 0.1) is 11.7 Å². The van der Waals surface area contributed by atoms with Gasteiger partial charge in [-0.25, -0.2) is 13.1 Å². The van der Waals surface area contributed by atoms with Gasteiger partial charge in [-0.1, -0.05) is 29.8 Å². The molecule has 2 aromatic carbocycles. The fraction of sp³-hybridized carbons (Fsp3) is 0.278. The highest BCUT2D eigenvalue weighted by atomic mass is 35.5. The highest BCUT2D eigenvalue weighted by Gasteiger charge is 2.19. The third-order valence-electron chi connectivity index (χ3n) is 4.06. The van der Waals surface area contributed by atoms with Gasteiger partial charge in [0.1, 0.15) is 15.9 Å². The summed E-state index contributed by atoms with van der Waals surface area (Å²) in [4.78, 5) is 12.0. The minimum atomic E-state index is -3.70. The number of rotatable bonds is 9. The van der Waals surface area contributed by atoms with Crippen LogP contribution >= 0.6 is 23.3 Å². The van der Waals surface area contributed by atoms with Crippen LogP contribution in [0.15, 0.2) is 47.4 Å². The largest absolute Gasteiger partial charge is 0.356 e. The molecule has 0 fully saturated rings. The summed E-state index contributed by atoms with van der Waals surface area (Å²) in [6, 6.07) is 12.3. The molecule has 28 heavy (non-hydrogen) atoms. The van der Waals surface area contributed by atoms with Gasteiger partial charge in [0.15, 0.2) is 0 Å². The number of fused-ring (bicyclic) bond motifs is 1. The molecule has 0 aliphatic carbocycles. The van der Waals surface area contributed by atoms with Crippen molar-refractivity contribution in [2.75, 3.05) is 13.1 Å². The number of hydrogen-bond acceptors (Lipinski definition) is 6. The van der Waals surface area contributed by atoms with Crippen molar-refractivity contribution in [3.8, 4) is 0 Å². The monoisotopic (exact) mass is 438 g/mol. The van der Waals surface area contributed by atoms with Gasteiger partial charge >= 0.3 is 0 Å². The number of sulfonamides is 1. The number of carbonyl (C=O) groups excluding carboxylic acids is 1. The Morgan fingerprint density at radius 2 is 1.86 bits per heavy atom. The maximum atomic E-state index is 12.5. The molecule has 7 nitrogen and oxygen atoms in total. The molecule has 0 unspecified atom stereocenters. The van der Waals surface area contributed by atoms with Crippen molar-refractivity contribution in [3.05, 3.63) is 53.1 Å². The summed E-state index contributed by atoms with van der Waals surface area (Å²) in [6.07, 6.45) is 1.35. The van der Waals surface area contributed by atoms with Gasteiger partial charge < -0.3 is 5.32 Å². The predicted molar refractivity (Wildman–Crippen MR) is 110 cm³/mol. The summed E-state index contributed by atoms with van der Waals surface area (Å²) in [7, 11) is -3.70. The number of amides is 1. The average Bonchev–Trinajstić information content (AvgIpc) is 3.15. The second kappa shape index (κ2) is 9.42. The van der Waals surface area contributed by atoms with E-state index in [9.17, 15) is 13.2 Å². The summed E-state index contributed by atoms with van der Waals surface area (Å²) in [5.74, 6) is -0.112. The van der Waals surface area contributed by atoms with E-state index in [1.807, 2.05) is 24.3 Å². The first-order valence-corrected chi connectivity index (χ1v) is 11.3. The maximum Gasteiger partial charge on any atom is 0.242 e. The van der Waals surface area contributed by atoms with E-state index in [-0.39, 0.29) is 23.8 Å². The van der Waals surface area contributed by atoms with E-state index in [4.69, 9.17) is 11.6 Å². The first kappa shape index (κ1) is 20.7. The lowest BCUT2D eigenvalue weighted by atomic mass is 10.1. The number of aromatic nitrogens is 2. The maximum absolute atomic E-state index is 12.5. The molecule has 0 radical (unpaired) electrons. The molecular weight excluding hydrogens is 420 g/mol. The molecule has 1 aromatic heterocycles. The number of nitrogens with zero attached hydrogens (tertiary/aromatic N) is 2. The Labute approximate surface area is 172 Å². The predicted octanol–water partition coefficient (Wildman–Crippen LogP) is 2.76. The molecule has 0 bridgehead atoms. The number of benzene rings is 2. The lowest BCUT2D eigenvalue weighted by molar-refractivity contribution is -0.121. The first-order valence-electron chi connectivity index (χ1n) is 8.68. The fourth-order valence-corrected chi connectivity index (χ4v) is 4.58. The van der Waals surface area contributed by atoms with Crippen LogP contribution in [0.2, 0.25) is 5.02 Å². The summed E-state index contributed by atoms with van der Waals surface area (Å²) < 4.78 is 35.5. The molecule has 148 valence electrons. The third kappa shape index (κ3) is 5.48. The van der Waals surface area contributed by atoms with Crippen LogP contribution in [0.1, 0.15) is 18.4 Å². The summed E-state index contributed by atoms with van der Waals surface area (Å²) in [5, 5.41) is 3.51. The van der Waals surface area contributed by atoms with Crippen molar-refractivity contribution >= 4 is 50.3 Å². The van der Waals surface area contributed by atoms with E-state index in [0.717, 1.165) is 17.3 Å². The SMILES string of the molecule is O=C(CCCNS(=O)(=O)c1cccc2nsnc12)NCCc1ccc(Cl)cc1. The number of hydrogen-bond donors (Lipinski definition) is 2. The van der Waals surface area contributed by atoms with Gasteiger partial charge in [-0.15, -0.1) is 0 Å². The summed E-state index contributed by atoms with van der Waals surface area (Å²) in [6.45, 7) is 0.686. The first-order chi connectivity index (χ1) is 13.5. The molecule has 1 amide bonds. The third-order valence-corrected chi connectivity index (χ3v) is 6.35. The van der Waals surface area contributed by atoms with E-state index in [1.54, 1.807) is 12.1 Å². The smallest absolute Gasteiger partial charge is 0.242 e. The Bertz CT molecular complexity index is 1050. The molecular formula is C18H19ClN4O3S2. The van der Waals surface area contributed by atoms with Gasteiger partial charge in [-0.2, -0.15) is 8.75 Å². The van der Waals surface area contributed by atoms with Crippen molar-refractivity contribution in [3.63, 3.8) is 0 Å². The average molecular weight is 439 g/mol. The topological polar surface area (TPSA) is 101 Å². The minimum Gasteiger partial charge on any atom is -0.356 e. The van der Waals surface area contributed by atoms with Gasteiger partial charge in [0.25, 0.3) is 0 Å². The normalized spacial score (nSPS) is 11.6. The van der Waals surface area contributed by atoms with Crippen LogP contribution in [0, 0.1) is 0 Å². The van der Waals surface area contributed by atoms with Crippen LogP contribution in [0.25, 0.3) is 11.0 Å². The fourth-order valence-electron chi connectivity index (χ4n) is 2.62. The van der Waals surface area contributed by atoms with Crippen molar-refractivity contribution in [2.24, 2.45) is 0 Å². The van der Waals surface area contributed by atoms with Gasteiger partial charge in [-0.3, -0.25) is 4.79 Å². The van der Waals surface area contributed by atoms with Crippen molar-refractivity contribution < 1.29 is 13.2 Å². The Balaban J connectivity index is 1.40. The molecule has 3 aromatic rings. The molecule has 0 aliphatic heterocycles. The minimum absolute atomic E-state index is 0.103. The van der Waals surface area contributed by atoms with Crippen LogP contribution in [0.3, 0.4) is 0 Å². The van der Waals surface area contributed by atoms with Crippen molar-refractivity contribution in [1.82, 2.24) is 18.8 Å². The van der Waals surface area contributed by atoms with E-state index < -0.39 is 10.0 Å². The quantitative estimate of drug-likeness (QED) is 0.500. The van der Waals surface area contributed by atoms with Crippen LogP contribution in [0.4, 0.5) is 0 Å². The Kier molecular flexibility index (Phi) is 6.95. The zero-order chi connectivity index (χ0) is 20.0. The van der Waals surface area contributed by atoms with Gasteiger partial charge in [0.2, 0.25) is 15.9 Å². The molecule has 0 atom stereocenters. The Hall–Kier alpha value is -2.07. The van der Waals surface area contributed by atoms with Crippen LogP contribution in [-0.4, -0.2) is 36.2 Å². The second-order valence-electron chi connectivity index (χ2n) is 6.12. The van der Waals surface area contributed by atoms with E-state index >= 15 is 0 Å². The molecule has 3 rings (SSSR count). The van der Waals surface area contributed by atoms with E-state index in [2.05, 4.69) is 18.8 Å². The summed E-state index contributed by atoms with van der Waals surface area (Å²) in [5.41, 5.74) is 2.00.